The molecule has 0 saturated carbocycles. The number of amides is 2. The number of pyridine rings is 1. The Kier molecular flexibility index (Phi) is 7.95. The summed E-state index contributed by atoms with van der Waals surface area (Å²) < 4.78 is 78.3. The number of nitrogens with zero attached hydrogens (tertiary/aromatic N) is 2. The van der Waals surface area contributed by atoms with Gasteiger partial charge >= 0.3 is 10.2 Å². The van der Waals surface area contributed by atoms with Gasteiger partial charge < -0.3 is 20.1 Å². The molecule has 14 heteroatoms. The summed E-state index contributed by atoms with van der Waals surface area (Å²) in [4.78, 5) is 30.9. The van der Waals surface area contributed by atoms with Crippen molar-refractivity contribution >= 4 is 27.7 Å². The highest BCUT2D eigenvalue weighted by Crippen LogP contribution is 3.02. The molecule has 0 spiro atoms. The zero-order chi connectivity index (χ0) is 29.4. The molecule has 2 saturated heterocycles. The smallest absolute Gasteiger partial charge is 0.310 e. The average molecular weight is 593 g/mol. The maximum atomic E-state index is 14.0. The number of nitrogens with one attached hydrogen (secondary N) is 2. The Balaban J connectivity index is 1.77. The fraction of sp³-hybridized carbons (Fsp3) is 0.500. The largest absolute Gasteiger partial charge is 0.380 e. The van der Waals surface area contributed by atoms with Crippen molar-refractivity contribution in [3.05, 3.63) is 54.4 Å². The zero-order valence-corrected chi connectivity index (χ0v) is 23.1. The number of methoxy groups -OCH3 is 1. The summed E-state index contributed by atoms with van der Waals surface area (Å²) in [6.45, 7) is 4.09. The minimum atomic E-state index is -9.97. The quantitative estimate of drug-likeness (QED) is 0.407. The summed E-state index contributed by atoms with van der Waals surface area (Å²) in [6, 6.07) is 2.67. The van der Waals surface area contributed by atoms with E-state index in [0.717, 1.165) is 17.0 Å². The molecule has 4 rings (SSSR count). The molecule has 6 atom stereocenters. The molecule has 2 aromatic rings. The number of aromatic nitrogens is 1. The molecule has 0 aliphatic carbocycles. The van der Waals surface area contributed by atoms with Gasteiger partial charge in [-0.05, 0) is 63.4 Å². The monoisotopic (exact) mass is 592 g/mol. The topological polar surface area (TPSA) is 92.8 Å². The van der Waals surface area contributed by atoms with Crippen molar-refractivity contribution in [2.75, 3.05) is 18.6 Å². The van der Waals surface area contributed by atoms with Crippen molar-refractivity contribution in [1.82, 2.24) is 15.6 Å². The summed E-state index contributed by atoms with van der Waals surface area (Å²) in [5.74, 6) is -1.22. The first-order valence-electron chi connectivity index (χ1n) is 12.8. The van der Waals surface area contributed by atoms with Crippen LogP contribution in [0.2, 0.25) is 0 Å². The van der Waals surface area contributed by atoms with Crippen LogP contribution in [-0.4, -0.2) is 60.8 Å². The van der Waals surface area contributed by atoms with Gasteiger partial charge in [-0.25, -0.2) is 0 Å². The van der Waals surface area contributed by atoms with Gasteiger partial charge in [0.15, 0.2) is 0 Å². The van der Waals surface area contributed by atoms with Gasteiger partial charge in [-0.2, -0.15) is 0 Å². The van der Waals surface area contributed by atoms with Crippen molar-refractivity contribution in [2.45, 2.75) is 74.4 Å². The molecule has 222 valence electrons. The number of halogens is 5. The van der Waals surface area contributed by atoms with Crippen molar-refractivity contribution in [1.29, 1.82) is 0 Å². The second-order valence-electron chi connectivity index (χ2n) is 10.3. The molecule has 2 N–H and O–H groups in total. The van der Waals surface area contributed by atoms with Crippen LogP contribution < -0.4 is 15.5 Å². The Labute approximate surface area is 229 Å². The number of rotatable bonds is 8. The molecule has 1 aromatic carbocycles. The number of hydrogen-bond donors (Lipinski definition) is 2. The third-order valence-corrected chi connectivity index (χ3v) is 8.23. The SMILES string of the molecule is CO[C@H]1CN[C@@H](C(=O)N(c2ccc(S(F)(F)(F)(F)F)cc2)C(C(=O)NC2C[C@@H](C)O[C@@H](C)C2)c2cccnc2)C1. The van der Waals surface area contributed by atoms with E-state index in [1.807, 2.05) is 13.8 Å². The third kappa shape index (κ3) is 7.09. The van der Waals surface area contributed by atoms with Gasteiger partial charge in [-0.3, -0.25) is 19.5 Å². The second-order valence-corrected chi connectivity index (χ2v) is 12.8. The predicted molar refractivity (Wildman–Crippen MR) is 141 cm³/mol. The van der Waals surface area contributed by atoms with E-state index in [0.29, 0.717) is 24.9 Å². The molecule has 40 heavy (non-hydrogen) atoms. The van der Waals surface area contributed by atoms with E-state index >= 15 is 0 Å². The standard InChI is InChI=1S/C26H33F5N4O4S/c1-16-11-19(12-17(2)39-16)34-25(36)24(18-5-4-10-32-14-18)35(26(37)23-13-21(38-3)15-33-23)20-6-8-22(9-7-20)40(27,28,29,30)31/h4-10,14,16-17,19,21,23-24,33H,11-13,15H2,1-3H3,(H,34,36)/t16-,17+,19?,21-,23-,24?/m1/s1. The number of anilines is 1. The normalized spacial score (nSPS) is 27.8. The Morgan fingerprint density at radius 3 is 2.25 bits per heavy atom. The molecule has 0 radical (unpaired) electrons. The maximum absolute atomic E-state index is 14.0. The lowest BCUT2D eigenvalue weighted by Gasteiger charge is -2.41. The van der Waals surface area contributed by atoms with Crippen molar-refractivity contribution < 1.29 is 38.5 Å². The molecular formula is C26H33F5N4O4S. The Morgan fingerprint density at radius 1 is 1.07 bits per heavy atom. The second kappa shape index (κ2) is 10.5. The van der Waals surface area contributed by atoms with Crippen LogP contribution >= 0.6 is 10.2 Å². The molecule has 2 fully saturated rings. The van der Waals surface area contributed by atoms with E-state index in [4.69, 9.17) is 9.47 Å². The highest BCUT2D eigenvalue weighted by atomic mass is 32.5. The van der Waals surface area contributed by atoms with Crippen LogP contribution in [0.15, 0.2) is 53.7 Å². The van der Waals surface area contributed by atoms with Crippen LogP contribution in [0.1, 0.15) is 44.7 Å². The van der Waals surface area contributed by atoms with Crippen molar-refractivity contribution in [2.24, 2.45) is 0 Å². The van der Waals surface area contributed by atoms with E-state index < -0.39 is 39.0 Å². The van der Waals surface area contributed by atoms with E-state index in [1.54, 1.807) is 12.1 Å². The van der Waals surface area contributed by atoms with E-state index in [1.165, 1.54) is 19.5 Å². The average Bonchev–Trinajstić information content (AvgIpc) is 3.35. The third-order valence-electron chi connectivity index (χ3n) is 7.07. The molecule has 2 aliphatic rings. The molecule has 0 bridgehead atoms. The van der Waals surface area contributed by atoms with Crippen LogP contribution in [-0.2, 0) is 19.1 Å². The lowest BCUT2D eigenvalue weighted by molar-refractivity contribution is -0.129. The van der Waals surface area contributed by atoms with E-state index in [2.05, 4.69) is 15.6 Å². The van der Waals surface area contributed by atoms with Crippen LogP contribution in [0, 0.1) is 0 Å². The molecule has 8 nitrogen and oxygen atoms in total. The van der Waals surface area contributed by atoms with Crippen LogP contribution in [0.25, 0.3) is 0 Å². The number of benzene rings is 1. The number of carbonyl (C=O) groups is 2. The van der Waals surface area contributed by atoms with Gasteiger partial charge in [-0.15, -0.1) is 0 Å². The highest BCUT2D eigenvalue weighted by Gasteiger charge is 2.65. The number of ether oxygens (including phenoxy) is 2. The van der Waals surface area contributed by atoms with Crippen LogP contribution in [0.5, 0.6) is 0 Å². The summed E-state index contributed by atoms with van der Waals surface area (Å²) in [5, 5.41) is 5.98. The number of carbonyl (C=O) groups excluding carboxylic acids is 2. The molecule has 2 aliphatic heterocycles. The van der Waals surface area contributed by atoms with Gasteiger partial charge in [0, 0.05) is 43.3 Å². The highest BCUT2D eigenvalue weighted by molar-refractivity contribution is 8.45. The molecule has 1 aromatic heterocycles. The predicted octanol–water partition coefficient (Wildman–Crippen LogP) is 5.26. The van der Waals surface area contributed by atoms with E-state index in [-0.39, 0.29) is 48.6 Å². The fourth-order valence-electron chi connectivity index (χ4n) is 5.26. The number of hydrogen-bond acceptors (Lipinski definition) is 6. The summed E-state index contributed by atoms with van der Waals surface area (Å²) >= 11 is 0. The maximum Gasteiger partial charge on any atom is 0.310 e. The van der Waals surface area contributed by atoms with Gasteiger partial charge in [0.1, 0.15) is 10.9 Å². The molecule has 2 amide bonds. The summed E-state index contributed by atoms with van der Waals surface area (Å²) in [5.41, 5.74) is 0.135. The Morgan fingerprint density at radius 2 is 1.73 bits per heavy atom. The minimum absolute atomic E-state index is 0.128. The zero-order valence-electron chi connectivity index (χ0n) is 22.2. The van der Waals surface area contributed by atoms with Gasteiger partial charge in [-0.1, -0.05) is 25.5 Å². The first-order valence-corrected chi connectivity index (χ1v) is 14.8. The fourth-order valence-corrected chi connectivity index (χ4v) is 5.92. The minimum Gasteiger partial charge on any atom is -0.380 e. The Bertz CT molecular complexity index is 1210. The molecule has 3 heterocycles. The van der Waals surface area contributed by atoms with Crippen LogP contribution in [0.3, 0.4) is 0 Å². The first kappa shape index (κ1) is 30.2. The van der Waals surface area contributed by atoms with Crippen molar-refractivity contribution in [3.8, 4) is 0 Å². The Hall–Kier alpha value is -2.81. The van der Waals surface area contributed by atoms with Gasteiger partial charge in [0.25, 0.3) is 0 Å². The van der Waals surface area contributed by atoms with Crippen LogP contribution in [0.4, 0.5) is 25.1 Å². The van der Waals surface area contributed by atoms with Gasteiger partial charge in [0.05, 0.1) is 24.4 Å². The van der Waals surface area contributed by atoms with Gasteiger partial charge in [0.2, 0.25) is 11.8 Å². The van der Waals surface area contributed by atoms with E-state index in [9.17, 15) is 29.0 Å². The molecule has 2 unspecified atom stereocenters. The van der Waals surface area contributed by atoms with Crippen molar-refractivity contribution in [3.63, 3.8) is 0 Å². The lowest BCUT2D eigenvalue weighted by atomic mass is 9.98. The summed E-state index contributed by atoms with van der Waals surface area (Å²) in [6.07, 6.45) is 3.56. The summed E-state index contributed by atoms with van der Waals surface area (Å²) in [7, 11) is -8.48. The lowest BCUT2D eigenvalue weighted by Crippen LogP contribution is -2.52. The molecular weight excluding hydrogens is 559 g/mol. The first-order chi connectivity index (χ1) is 18.6.